The minimum atomic E-state index is -1.58. The molecule has 0 unspecified atom stereocenters. The van der Waals surface area contributed by atoms with E-state index in [0.29, 0.717) is 24.2 Å². The van der Waals surface area contributed by atoms with Crippen LogP contribution in [0, 0.1) is 17.8 Å². The van der Waals surface area contributed by atoms with Crippen molar-refractivity contribution in [2.45, 2.75) is 134 Å². The van der Waals surface area contributed by atoms with E-state index >= 15 is 0 Å². The van der Waals surface area contributed by atoms with E-state index in [1.165, 1.54) is 38.2 Å². The highest BCUT2D eigenvalue weighted by molar-refractivity contribution is 7.99. The summed E-state index contributed by atoms with van der Waals surface area (Å²) in [5.41, 5.74) is -1.93. The van der Waals surface area contributed by atoms with Crippen LogP contribution in [0.2, 0.25) is 0 Å². The summed E-state index contributed by atoms with van der Waals surface area (Å²) in [6, 6.07) is -0.280. The second-order valence-electron chi connectivity index (χ2n) is 15.7. The lowest BCUT2D eigenvalue weighted by molar-refractivity contribution is -0.295. The van der Waals surface area contributed by atoms with E-state index in [1.807, 2.05) is 25.9 Å². The number of likely N-dealkylation sites (N-methyl/N-ethyl adjacent to an activating group) is 1. The van der Waals surface area contributed by atoms with Crippen LogP contribution in [0.4, 0.5) is 4.79 Å². The third-order valence-corrected chi connectivity index (χ3v) is 12.1. The Morgan fingerprint density at radius 1 is 1.16 bits per heavy atom. The molecule has 1 saturated heterocycles. The SMILES string of the molecule is CC[C@H]1OC(=O)[C@H](C)C(=O)[C@H](C)[C@@H](O[C@@H]2O[C@H](C)C[C@H](N(C)C)[C@H]2O)[C@](C)(OC)C[C@@H](C)C(=O)/C(C)=C/[C@]1(C)OC(=O)NCCCSc1ncnc2[nH]ncc12. The van der Waals surface area contributed by atoms with E-state index < -0.39 is 71.4 Å². The maximum absolute atomic E-state index is 14.2. The van der Waals surface area contributed by atoms with Gasteiger partial charge in [0.2, 0.25) is 0 Å². The lowest BCUT2D eigenvalue weighted by Gasteiger charge is -2.46. The summed E-state index contributed by atoms with van der Waals surface area (Å²) >= 11 is 1.50. The van der Waals surface area contributed by atoms with Gasteiger partial charge in [0.05, 0.1) is 29.4 Å². The number of esters is 1. The average Bonchev–Trinajstić information content (AvgIpc) is 3.64. The summed E-state index contributed by atoms with van der Waals surface area (Å²) in [5.74, 6) is -3.83. The van der Waals surface area contributed by atoms with E-state index in [2.05, 4.69) is 25.5 Å². The lowest BCUT2D eigenvalue weighted by atomic mass is 9.77. The molecule has 0 saturated carbocycles. The monoisotopic (exact) mass is 804 g/mol. The summed E-state index contributed by atoms with van der Waals surface area (Å²) in [6.45, 7) is 13.7. The normalized spacial score (nSPS) is 34.8. The van der Waals surface area contributed by atoms with Crippen LogP contribution >= 0.6 is 11.8 Å². The van der Waals surface area contributed by atoms with Crippen molar-refractivity contribution in [3.8, 4) is 0 Å². The van der Waals surface area contributed by atoms with Crippen molar-refractivity contribution >= 4 is 46.4 Å². The van der Waals surface area contributed by atoms with Crippen LogP contribution in [0.15, 0.2) is 29.2 Å². The van der Waals surface area contributed by atoms with E-state index in [0.717, 1.165) is 10.4 Å². The molecule has 4 rings (SSSR count). The highest BCUT2D eigenvalue weighted by atomic mass is 32.2. The number of ether oxygens (including phenoxy) is 5. The van der Waals surface area contributed by atoms with Crippen molar-refractivity contribution < 1.29 is 48.0 Å². The van der Waals surface area contributed by atoms with E-state index in [4.69, 9.17) is 23.7 Å². The number of aromatic nitrogens is 4. The van der Waals surface area contributed by atoms with E-state index in [1.54, 1.807) is 47.7 Å². The predicted octanol–water partition coefficient (Wildman–Crippen LogP) is 4.25. The first-order valence-electron chi connectivity index (χ1n) is 19.3. The molecule has 0 radical (unpaired) electrons. The lowest BCUT2D eigenvalue weighted by Crippen LogP contribution is -2.59. The molecule has 2 aromatic rings. The van der Waals surface area contributed by atoms with Gasteiger partial charge in [-0.1, -0.05) is 20.8 Å². The quantitative estimate of drug-likeness (QED) is 0.0955. The number of Topliss-reactive ketones (excluding diaryl/α,β-unsaturated/α-hetero) is 2. The summed E-state index contributed by atoms with van der Waals surface area (Å²) in [7, 11) is 5.20. The minimum Gasteiger partial charge on any atom is -0.457 e. The Hall–Kier alpha value is -3.48. The van der Waals surface area contributed by atoms with Gasteiger partial charge in [0.25, 0.3) is 0 Å². The number of amides is 1. The molecule has 0 aromatic carbocycles. The van der Waals surface area contributed by atoms with Gasteiger partial charge >= 0.3 is 12.1 Å². The highest BCUT2D eigenvalue weighted by Crippen LogP contribution is 2.38. The standard InChI is InChI=1S/C39H60N6O10S/c1-12-28-38(7,55-37(50)40-14-13-15-56-34-26-19-43-44-33(26)41-20-42-34)17-21(2)29(46)22(3)18-39(8,51-11)32(24(5)30(47)25(6)35(49)53-28)54-36-31(48)27(45(9)10)16-23(4)52-36/h17,19-20,22-25,27-28,31-32,36,48H,12-16,18H2,1-11H3,(H,40,50)(H,41,42,43,44)/b21-17+/t22-,23-,24+,25-,27+,28-,31-,32-,36+,38+,39-/m1/s1. The minimum absolute atomic E-state index is 0.110. The molecular weight excluding hydrogens is 745 g/mol. The Kier molecular flexibility index (Phi) is 15.6. The molecule has 2 aliphatic rings. The molecule has 16 nitrogen and oxygen atoms in total. The van der Waals surface area contributed by atoms with E-state index in [-0.39, 0.29) is 42.9 Å². The molecular formula is C39H60N6O10S. The Bertz CT molecular complexity index is 1720. The summed E-state index contributed by atoms with van der Waals surface area (Å²) in [6.07, 6.45) is 0.808. The number of nitrogens with one attached hydrogen (secondary N) is 2. The maximum atomic E-state index is 14.2. The fourth-order valence-electron chi connectivity index (χ4n) is 7.72. The molecule has 2 aliphatic heterocycles. The van der Waals surface area contributed by atoms with Crippen LogP contribution < -0.4 is 5.32 Å². The van der Waals surface area contributed by atoms with Crippen molar-refractivity contribution in [3.05, 3.63) is 24.2 Å². The van der Waals surface area contributed by atoms with Crippen molar-refractivity contribution in [2.24, 2.45) is 17.8 Å². The number of fused-ring (bicyclic) bond motifs is 1. The van der Waals surface area contributed by atoms with Gasteiger partial charge < -0.3 is 39.0 Å². The largest absolute Gasteiger partial charge is 0.457 e. The van der Waals surface area contributed by atoms with Crippen LogP contribution in [-0.4, -0.2) is 135 Å². The van der Waals surface area contributed by atoms with Crippen molar-refractivity contribution in [3.63, 3.8) is 0 Å². The van der Waals surface area contributed by atoms with Crippen LogP contribution in [-0.2, 0) is 38.1 Å². The fraction of sp³-hybridized carbons (Fsp3) is 0.718. The maximum Gasteiger partial charge on any atom is 0.408 e. The van der Waals surface area contributed by atoms with Gasteiger partial charge in [-0.15, -0.1) is 11.8 Å². The second-order valence-corrected chi connectivity index (χ2v) is 16.8. The summed E-state index contributed by atoms with van der Waals surface area (Å²) in [5, 5.41) is 22.5. The zero-order chi connectivity index (χ0) is 41.5. The van der Waals surface area contributed by atoms with Gasteiger partial charge in [0.15, 0.2) is 29.1 Å². The Labute approximate surface area is 333 Å². The number of rotatable bonds is 11. The molecule has 0 aliphatic carbocycles. The molecule has 11 atom stereocenters. The molecule has 0 spiro atoms. The number of ketones is 2. The Morgan fingerprint density at radius 3 is 2.54 bits per heavy atom. The fourth-order valence-corrected chi connectivity index (χ4v) is 8.63. The number of allylic oxidation sites excluding steroid dienone is 1. The zero-order valence-corrected chi connectivity index (χ0v) is 35.3. The number of carbonyl (C=O) groups excluding carboxylic acids is 4. The average molecular weight is 805 g/mol. The van der Waals surface area contributed by atoms with Crippen molar-refractivity contribution in [1.82, 2.24) is 30.4 Å². The molecule has 4 heterocycles. The van der Waals surface area contributed by atoms with Gasteiger partial charge in [0, 0.05) is 37.3 Å². The number of H-pyrrole nitrogens is 1. The van der Waals surface area contributed by atoms with Crippen molar-refractivity contribution in [1.29, 1.82) is 0 Å². The second kappa shape index (κ2) is 19.3. The number of alkyl carbamates (subject to hydrolysis) is 1. The first kappa shape index (κ1) is 45.2. The summed E-state index contributed by atoms with van der Waals surface area (Å²) < 4.78 is 30.7. The van der Waals surface area contributed by atoms with Crippen LogP contribution in [0.1, 0.15) is 81.1 Å². The smallest absolute Gasteiger partial charge is 0.408 e. The number of aliphatic hydroxyl groups excluding tert-OH is 1. The topological polar surface area (TPSA) is 204 Å². The summed E-state index contributed by atoms with van der Waals surface area (Å²) in [4.78, 5) is 65.8. The number of aliphatic hydroxyl groups is 1. The van der Waals surface area contributed by atoms with Gasteiger partial charge in [-0.05, 0) is 86.0 Å². The number of nitrogens with zero attached hydrogens (tertiary/aromatic N) is 4. The molecule has 1 fully saturated rings. The molecule has 2 aromatic heterocycles. The van der Waals surface area contributed by atoms with Crippen molar-refractivity contribution in [2.75, 3.05) is 33.5 Å². The Balaban J connectivity index is 1.57. The van der Waals surface area contributed by atoms with Gasteiger partial charge in [0.1, 0.15) is 29.5 Å². The van der Waals surface area contributed by atoms with E-state index in [9.17, 15) is 24.3 Å². The first-order chi connectivity index (χ1) is 26.3. The number of aromatic amines is 1. The third kappa shape index (κ3) is 10.5. The number of methoxy groups -OCH3 is 1. The van der Waals surface area contributed by atoms with Crippen LogP contribution in [0.25, 0.3) is 11.0 Å². The molecule has 56 heavy (non-hydrogen) atoms. The number of hydrogen-bond donors (Lipinski definition) is 3. The van der Waals surface area contributed by atoms with Gasteiger partial charge in [-0.2, -0.15) is 5.10 Å². The molecule has 0 bridgehead atoms. The third-order valence-electron chi connectivity index (χ3n) is 11.0. The molecule has 3 N–H and O–H groups in total. The van der Waals surface area contributed by atoms with Crippen LogP contribution in [0.5, 0.6) is 0 Å². The number of thioether (sulfide) groups is 1. The zero-order valence-electron chi connectivity index (χ0n) is 34.5. The van der Waals surface area contributed by atoms with Gasteiger partial charge in [-0.3, -0.25) is 19.5 Å². The highest BCUT2D eigenvalue weighted by Gasteiger charge is 2.50. The Morgan fingerprint density at radius 2 is 1.88 bits per heavy atom. The first-order valence-corrected chi connectivity index (χ1v) is 20.3. The number of cyclic esters (lactones) is 1. The molecule has 1 amide bonds. The predicted molar refractivity (Wildman–Crippen MR) is 209 cm³/mol. The molecule has 17 heteroatoms. The number of carbonyl (C=O) groups is 4. The van der Waals surface area contributed by atoms with Crippen LogP contribution in [0.3, 0.4) is 0 Å². The van der Waals surface area contributed by atoms with Gasteiger partial charge in [-0.25, -0.2) is 14.8 Å². The molecule has 312 valence electrons. The number of hydrogen-bond acceptors (Lipinski definition) is 15.